The van der Waals surface area contributed by atoms with Crippen LogP contribution in [0.25, 0.3) is 0 Å². The minimum Gasteiger partial charge on any atom is -0.395 e. The van der Waals surface area contributed by atoms with Gasteiger partial charge < -0.3 is 14.9 Å². The molecule has 3 nitrogen and oxygen atoms in total. The van der Waals surface area contributed by atoms with Crippen LogP contribution >= 0.6 is 0 Å². The highest BCUT2D eigenvalue weighted by Crippen LogP contribution is 2.20. The zero-order chi connectivity index (χ0) is 12.7. The van der Waals surface area contributed by atoms with Gasteiger partial charge in [-0.2, -0.15) is 0 Å². The Bertz CT molecular complexity index is 191. The lowest BCUT2D eigenvalue weighted by molar-refractivity contribution is 0.117. The number of hydrogen-bond acceptors (Lipinski definition) is 3. The summed E-state index contributed by atoms with van der Waals surface area (Å²) in [6.45, 7) is 9.40. The molecule has 0 amide bonds. The lowest BCUT2D eigenvalue weighted by atomic mass is 9.96. The van der Waals surface area contributed by atoms with E-state index >= 15 is 0 Å². The van der Waals surface area contributed by atoms with Crippen molar-refractivity contribution in [3.63, 3.8) is 0 Å². The summed E-state index contributed by atoms with van der Waals surface area (Å²) < 4.78 is 0. The Morgan fingerprint density at radius 2 is 1.94 bits per heavy atom. The summed E-state index contributed by atoms with van der Waals surface area (Å²) in [4.78, 5) is 4.90. The second-order valence-electron chi connectivity index (χ2n) is 5.60. The van der Waals surface area contributed by atoms with Gasteiger partial charge in [0.25, 0.3) is 0 Å². The van der Waals surface area contributed by atoms with Crippen molar-refractivity contribution in [3.05, 3.63) is 0 Å². The number of hydrogen-bond donors (Lipinski definition) is 1. The third-order valence-electron chi connectivity index (χ3n) is 4.13. The molecule has 1 fully saturated rings. The van der Waals surface area contributed by atoms with Gasteiger partial charge in [-0.1, -0.05) is 13.8 Å². The van der Waals surface area contributed by atoms with Gasteiger partial charge in [-0.3, -0.25) is 0 Å². The van der Waals surface area contributed by atoms with Crippen LogP contribution in [0, 0.1) is 5.92 Å². The van der Waals surface area contributed by atoms with Gasteiger partial charge in [0.05, 0.1) is 6.61 Å². The van der Waals surface area contributed by atoms with Crippen LogP contribution < -0.4 is 0 Å². The van der Waals surface area contributed by atoms with Crippen molar-refractivity contribution in [2.45, 2.75) is 45.6 Å². The molecule has 1 aliphatic rings. The summed E-state index contributed by atoms with van der Waals surface area (Å²) in [5.74, 6) is 0.917. The molecule has 1 rings (SSSR count). The molecule has 17 heavy (non-hydrogen) atoms. The number of aliphatic hydroxyl groups is 1. The van der Waals surface area contributed by atoms with Gasteiger partial charge in [0, 0.05) is 12.6 Å². The summed E-state index contributed by atoms with van der Waals surface area (Å²) in [5, 5.41) is 8.88. The highest BCUT2D eigenvalue weighted by molar-refractivity contribution is 4.77. The van der Waals surface area contributed by atoms with E-state index in [0.717, 1.165) is 25.0 Å². The van der Waals surface area contributed by atoms with Crippen LogP contribution in [0.15, 0.2) is 0 Å². The first kappa shape index (κ1) is 14.9. The van der Waals surface area contributed by atoms with Crippen LogP contribution in [0.5, 0.6) is 0 Å². The molecule has 0 bridgehead atoms. The van der Waals surface area contributed by atoms with Crippen LogP contribution in [-0.4, -0.2) is 60.8 Å². The maximum atomic E-state index is 8.88. The van der Waals surface area contributed by atoms with Crippen LogP contribution in [0.3, 0.4) is 0 Å². The first-order valence-corrected chi connectivity index (χ1v) is 7.20. The maximum absolute atomic E-state index is 8.88. The molecule has 1 aliphatic heterocycles. The lowest BCUT2D eigenvalue weighted by Crippen LogP contribution is -2.42. The van der Waals surface area contributed by atoms with Gasteiger partial charge in [0.15, 0.2) is 0 Å². The predicted octanol–water partition coefficient (Wildman–Crippen LogP) is 1.81. The van der Waals surface area contributed by atoms with E-state index in [1.165, 1.54) is 38.8 Å². The molecule has 0 aromatic heterocycles. The molecule has 1 heterocycles. The summed E-state index contributed by atoms with van der Waals surface area (Å²) >= 11 is 0. The number of likely N-dealkylation sites (tertiary alicyclic amines) is 1. The summed E-state index contributed by atoms with van der Waals surface area (Å²) in [7, 11) is 2.10. The Morgan fingerprint density at radius 3 is 2.47 bits per heavy atom. The van der Waals surface area contributed by atoms with Gasteiger partial charge in [-0.15, -0.1) is 0 Å². The number of rotatable bonds is 7. The van der Waals surface area contributed by atoms with Crippen molar-refractivity contribution in [2.75, 3.05) is 39.8 Å². The molecule has 0 aromatic carbocycles. The van der Waals surface area contributed by atoms with Crippen molar-refractivity contribution in [3.8, 4) is 0 Å². The van der Waals surface area contributed by atoms with Crippen LogP contribution in [0.2, 0.25) is 0 Å². The molecule has 0 saturated carbocycles. The molecule has 3 heteroatoms. The fourth-order valence-electron chi connectivity index (χ4n) is 2.69. The van der Waals surface area contributed by atoms with E-state index in [1.54, 1.807) is 0 Å². The fraction of sp³-hybridized carbons (Fsp3) is 1.00. The van der Waals surface area contributed by atoms with Crippen LogP contribution in [-0.2, 0) is 0 Å². The van der Waals surface area contributed by atoms with Gasteiger partial charge in [0.1, 0.15) is 0 Å². The third-order valence-corrected chi connectivity index (χ3v) is 4.13. The van der Waals surface area contributed by atoms with Gasteiger partial charge in [-0.25, -0.2) is 0 Å². The Hall–Kier alpha value is -0.120. The number of nitrogens with zero attached hydrogens (tertiary/aromatic N) is 2. The van der Waals surface area contributed by atoms with Crippen molar-refractivity contribution in [1.29, 1.82) is 0 Å². The average molecular weight is 242 g/mol. The number of aliphatic hydroxyl groups excluding tert-OH is 1. The quantitative estimate of drug-likeness (QED) is 0.737. The van der Waals surface area contributed by atoms with Gasteiger partial charge >= 0.3 is 0 Å². The monoisotopic (exact) mass is 242 g/mol. The zero-order valence-corrected chi connectivity index (χ0v) is 11.9. The van der Waals surface area contributed by atoms with Crippen molar-refractivity contribution in [2.24, 2.45) is 5.92 Å². The topological polar surface area (TPSA) is 26.7 Å². The van der Waals surface area contributed by atoms with E-state index in [-0.39, 0.29) is 6.61 Å². The molecule has 102 valence electrons. The highest BCUT2D eigenvalue weighted by Gasteiger charge is 2.21. The molecule has 0 radical (unpaired) electrons. The Balaban J connectivity index is 2.27. The number of likely N-dealkylation sites (N-methyl/N-ethyl adjacent to an activating group) is 1. The molecular formula is C14H30N2O. The maximum Gasteiger partial charge on any atom is 0.0558 e. The molecule has 1 atom stereocenters. The van der Waals surface area contributed by atoms with Gasteiger partial charge in [-0.05, 0) is 58.3 Å². The van der Waals surface area contributed by atoms with E-state index in [0.29, 0.717) is 0 Å². The SMILES string of the molecule is CCC(CCN(C)CCO)N1CCC(C)CC1. The van der Waals surface area contributed by atoms with E-state index in [9.17, 15) is 0 Å². The van der Waals surface area contributed by atoms with Crippen molar-refractivity contribution < 1.29 is 5.11 Å². The smallest absolute Gasteiger partial charge is 0.0558 e. The molecule has 1 unspecified atom stereocenters. The molecule has 0 aliphatic carbocycles. The lowest BCUT2D eigenvalue weighted by Gasteiger charge is -2.37. The minimum atomic E-state index is 0.272. The van der Waals surface area contributed by atoms with E-state index in [4.69, 9.17) is 5.11 Å². The van der Waals surface area contributed by atoms with Crippen LogP contribution in [0.4, 0.5) is 0 Å². The van der Waals surface area contributed by atoms with Crippen molar-refractivity contribution >= 4 is 0 Å². The zero-order valence-electron chi connectivity index (χ0n) is 11.9. The first-order chi connectivity index (χ1) is 8.17. The normalized spacial score (nSPS) is 21.0. The number of piperidine rings is 1. The Labute approximate surface area is 107 Å². The summed E-state index contributed by atoms with van der Waals surface area (Å²) in [6.07, 6.45) is 5.22. The van der Waals surface area contributed by atoms with E-state index in [1.807, 2.05) is 0 Å². The molecule has 0 aromatic rings. The highest BCUT2D eigenvalue weighted by atomic mass is 16.3. The van der Waals surface area contributed by atoms with Crippen molar-refractivity contribution in [1.82, 2.24) is 9.80 Å². The molecule has 1 N–H and O–H groups in total. The molecular weight excluding hydrogens is 212 g/mol. The standard InChI is InChI=1S/C14H30N2O/c1-4-14(7-8-15(3)11-12-17)16-9-5-13(2)6-10-16/h13-14,17H,4-12H2,1-3H3. The third kappa shape index (κ3) is 5.36. The largest absolute Gasteiger partial charge is 0.395 e. The second-order valence-corrected chi connectivity index (χ2v) is 5.60. The Morgan fingerprint density at radius 1 is 1.29 bits per heavy atom. The van der Waals surface area contributed by atoms with Crippen LogP contribution in [0.1, 0.15) is 39.5 Å². The molecule has 1 saturated heterocycles. The fourth-order valence-corrected chi connectivity index (χ4v) is 2.69. The summed E-state index contributed by atoms with van der Waals surface area (Å²) in [6, 6.07) is 0.739. The molecule has 0 spiro atoms. The predicted molar refractivity (Wildman–Crippen MR) is 73.2 cm³/mol. The van der Waals surface area contributed by atoms with E-state index < -0.39 is 0 Å². The average Bonchev–Trinajstić information content (AvgIpc) is 2.32. The minimum absolute atomic E-state index is 0.272. The first-order valence-electron chi connectivity index (χ1n) is 7.20. The van der Waals surface area contributed by atoms with E-state index in [2.05, 4.69) is 30.7 Å². The summed E-state index contributed by atoms with van der Waals surface area (Å²) in [5.41, 5.74) is 0. The van der Waals surface area contributed by atoms with Gasteiger partial charge in [0.2, 0.25) is 0 Å². The Kier molecular flexibility index (Phi) is 7.09. The second kappa shape index (κ2) is 8.06.